The number of aryl methyl sites for hydroxylation is 1. The van der Waals surface area contributed by atoms with E-state index in [1.165, 1.54) is 0 Å². The number of rotatable bonds is 6. The Morgan fingerprint density at radius 2 is 2.19 bits per heavy atom. The van der Waals surface area contributed by atoms with Crippen molar-refractivity contribution in [2.24, 2.45) is 0 Å². The van der Waals surface area contributed by atoms with E-state index in [2.05, 4.69) is 51.9 Å². The maximum Gasteiger partial charge on any atom is 0.203 e. The molecule has 6 heteroatoms. The molecule has 0 aromatic carbocycles. The topological polar surface area (TPSA) is 45.6 Å². The summed E-state index contributed by atoms with van der Waals surface area (Å²) in [5, 5.41) is 3.52. The predicted molar refractivity (Wildman–Crippen MR) is 86.0 cm³/mol. The Kier molecular flexibility index (Phi) is 5.61. The number of anilines is 1. The fourth-order valence-corrected chi connectivity index (χ4v) is 2.84. The van der Waals surface area contributed by atoms with Crippen LogP contribution in [0.4, 0.5) is 5.95 Å². The number of nitrogens with zero attached hydrogens (tertiary/aromatic N) is 4. The maximum absolute atomic E-state index is 5.26. The first-order valence-electron chi connectivity index (χ1n) is 7.68. The van der Waals surface area contributed by atoms with Gasteiger partial charge in [-0.05, 0) is 27.9 Å². The van der Waals surface area contributed by atoms with Crippen molar-refractivity contribution in [1.82, 2.24) is 19.4 Å². The number of aromatic nitrogens is 2. The lowest BCUT2D eigenvalue weighted by atomic mass is 10.2. The van der Waals surface area contributed by atoms with Crippen molar-refractivity contribution in [2.45, 2.75) is 25.9 Å². The summed E-state index contributed by atoms with van der Waals surface area (Å²) in [4.78, 5) is 9.42. The molecule has 1 aromatic heterocycles. The summed E-state index contributed by atoms with van der Waals surface area (Å²) in [6.45, 7) is 9.14. The molecule has 1 aliphatic rings. The molecule has 6 nitrogen and oxygen atoms in total. The molecule has 2 atom stereocenters. The van der Waals surface area contributed by atoms with Gasteiger partial charge in [-0.2, -0.15) is 0 Å². The number of ether oxygens (including phenoxy) is 1. The Morgan fingerprint density at radius 1 is 1.43 bits per heavy atom. The van der Waals surface area contributed by atoms with Crippen LogP contribution >= 0.6 is 0 Å². The van der Waals surface area contributed by atoms with Gasteiger partial charge in [0.2, 0.25) is 5.95 Å². The van der Waals surface area contributed by atoms with Crippen molar-refractivity contribution in [3.63, 3.8) is 0 Å². The molecule has 1 N–H and O–H groups in total. The van der Waals surface area contributed by atoms with Gasteiger partial charge in [-0.15, -0.1) is 0 Å². The van der Waals surface area contributed by atoms with Crippen LogP contribution in [-0.4, -0.2) is 79.4 Å². The molecule has 120 valence electrons. The second-order valence-electron chi connectivity index (χ2n) is 6.20. The van der Waals surface area contributed by atoms with E-state index in [1.54, 1.807) is 7.11 Å². The van der Waals surface area contributed by atoms with Crippen molar-refractivity contribution >= 4 is 5.95 Å². The normalized spacial score (nSPS) is 22.4. The second kappa shape index (κ2) is 7.24. The van der Waals surface area contributed by atoms with Gasteiger partial charge >= 0.3 is 0 Å². The third-order valence-corrected chi connectivity index (χ3v) is 4.21. The second-order valence-corrected chi connectivity index (χ2v) is 6.20. The first kappa shape index (κ1) is 16.3. The lowest BCUT2D eigenvalue weighted by Gasteiger charge is -2.37. The van der Waals surface area contributed by atoms with E-state index < -0.39 is 0 Å². The molecule has 0 amide bonds. The van der Waals surface area contributed by atoms with Gasteiger partial charge in [0.25, 0.3) is 0 Å². The van der Waals surface area contributed by atoms with Gasteiger partial charge in [0.05, 0.1) is 18.3 Å². The number of methoxy groups -OCH3 is 1. The Hall–Kier alpha value is -1.11. The van der Waals surface area contributed by atoms with E-state index in [-0.39, 0.29) is 6.04 Å². The standard InChI is InChI=1S/C15H29N5O/c1-12-9-20(13(2)11-21-5)15(17-12)16-8-14-10-18(3)6-7-19(14)4/h9,13-14H,6-8,10-11H2,1-5H3,(H,16,17). The highest BCUT2D eigenvalue weighted by molar-refractivity contribution is 5.30. The van der Waals surface area contributed by atoms with Crippen LogP contribution in [0.2, 0.25) is 0 Å². The highest BCUT2D eigenvalue weighted by Crippen LogP contribution is 2.17. The number of hydrogen-bond donors (Lipinski definition) is 1. The highest BCUT2D eigenvalue weighted by atomic mass is 16.5. The summed E-state index contributed by atoms with van der Waals surface area (Å²) in [6, 6.07) is 0.803. The van der Waals surface area contributed by atoms with E-state index in [0.717, 1.165) is 37.8 Å². The smallest absolute Gasteiger partial charge is 0.203 e. The monoisotopic (exact) mass is 295 g/mol. The van der Waals surface area contributed by atoms with E-state index in [1.807, 2.05) is 6.92 Å². The first-order valence-corrected chi connectivity index (χ1v) is 7.68. The van der Waals surface area contributed by atoms with Crippen molar-refractivity contribution in [2.75, 3.05) is 59.3 Å². The molecular weight excluding hydrogens is 266 g/mol. The van der Waals surface area contributed by atoms with Gasteiger partial charge in [-0.25, -0.2) is 4.98 Å². The predicted octanol–water partition coefficient (Wildman–Crippen LogP) is 1.06. The average Bonchev–Trinajstić information content (AvgIpc) is 2.81. The van der Waals surface area contributed by atoms with Crippen molar-refractivity contribution in [1.29, 1.82) is 0 Å². The van der Waals surface area contributed by atoms with E-state index >= 15 is 0 Å². The van der Waals surface area contributed by atoms with E-state index in [9.17, 15) is 0 Å². The number of likely N-dealkylation sites (N-methyl/N-ethyl adjacent to an activating group) is 2. The zero-order valence-electron chi connectivity index (χ0n) is 14.0. The summed E-state index contributed by atoms with van der Waals surface area (Å²) in [6.07, 6.45) is 2.09. The molecule has 21 heavy (non-hydrogen) atoms. The summed E-state index contributed by atoms with van der Waals surface area (Å²) in [5.74, 6) is 0.943. The number of hydrogen-bond acceptors (Lipinski definition) is 5. The third-order valence-electron chi connectivity index (χ3n) is 4.21. The Balaban J connectivity index is 1.99. The maximum atomic E-state index is 5.26. The Morgan fingerprint density at radius 3 is 2.90 bits per heavy atom. The van der Waals surface area contributed by atoms with Crippen LogP contribution in [0.15, 0.2) is 6.20 Å². The van der Waals surface area contributed by atoms with Gasteiger partial charge in [-0.3, -0.25) is 4.90 Å². The van der Waals surface area contributed by atoms with Gasteiger partial charge < -0.3 is 19.5 Å². The van der Waals surface area contributed by atoms with Crippen LogP contribution < -0.4 is 5.32 Å². The Labute approximate surface area is 128 Å². The molecule has 1 saturated heterocycles. The van der Waals surface area contributed by atoms with Crippen LogP contribution in [0.25, 0.3) is 0 Å². The SMILES string of the molecule is COCC(C)n1cc(C)nc1NCC1CN(C)CCN1C. The molecule has 1 aromatic rings. The highest BCUT2D eigenvalue weighted by Gasteiger charge is 2.22. The van der Waals surface area contributed by atoms with Crippen LogP contribution in [0.1, 0.15) is 18.7 Å². The van der Waals surface area contributed by atoms with Crippen LogP contribution in [-0.2, 0) is 4.74 Å². The molecule has 0 bridgehead atoms. The third kappa shape index (κ3) is 4.18. The molecular formula is C15H29N5O. The van der Waals surface area contributed by atoms with Crippen LogP contribution in [0.3, 0.4) is 0 Å². The quantitative estimate of drug-likeness (QED) is 0.850. The lowest BCUT2D eigenvalue weighted by molar-refractivity contribution is 0.121. The van der Waals surface area contributed by atoms with E-state index in [0.29, 0.717) is 12.6 Å². The number of piperazine rings is 1. The fraction of sp³-hybridized carbons (Fsp3) is 0.800. The fourth-order valence-electron chi connectivity index (χ4n) is 2.84. The Bertz CT molecular complexity index is 447. The first-order chi connectivity index (χ1) is 10.0. The molecule has 1 aliphatic heterocycles. The molecule has 1 fully saturated rings. The molecule has 0 saturated carbocycles. The molecule has 0 aliphatic carbocycles. The van der Waals surface area contributed by atoms with E-state index in [4.69, 9.17) is 4.74 Å². The molecule has 2 unspecified atom stereocenters. The summed E-state index contributed by atoms with van der Waals surface area (Å²) < 4.78 is 7.43. The summed E-state index contributed by atoms with van der Waals surface area (Å²) in [5.41, 5.74) is 1.04. The summed E-state index contributed by atoms with van der Waals surface area (Å²) in [7, 11) is 6.12. The molecule has 2 rings (SSSR count). The number of imidazole rings is 1. The molecule has 0 radical (unpaired) electrons. The molecule has 0 spiro atoms. The minimum absolute atomic E-state index is 0.283. The molecule has 2 heterocycles. The summed E-state index contributed by atoms with van der Waals surface area (Å²) >= 11 is 0. The minimum Gasteiger partial charge on any atom is -0.383 e. The van der Waals surface area contributed by atoms with Gasteiger partial charge in [0.1, 0.15) is 0 Å². The van der Waals surface area contributed by atoms with Gasteiger partial charge in [-0.1, -0.05) is 0 Å². The van der Waals surface area contributed by atoms with Crippen molar-refractivity contribution in [3.8, 4) is 0 Å². The van der Waals surface area contributed by atoms with Crippen molar-refractivity contribution in [3.05, 3.63) is 11.9 Å². The largest absolute Gasteiger partial charge is 0.383 e. The number of nitrogens with one attached hydrogen (secondary N) is 1. The van der Waals surface area contributed by atoms with Gasteiger partial charge in [0, 0.05) is 45.5 Å². The zero-order chi connectivity index (χ0) is 15.4. The lowest BCUT2D eigenvalue weighted by Crippen LogP contribution is -2.52. The van der Waals surface area contributed by atoms with Crippen molar-refractivity contribution < 1.29 is 4.74 Å². The average molecular weight is 295 g/mol. The van der Waals surface area contributed by atoms with Crippen LogP contribution in [0.5, 0.6) is 0 Å². The van der Waals surface area contributed by atoms with Crippen LogP contribution in [0, 0.1) is 6.92 Å². The van der Waals surface area contributed by atoms with Gasteiger partial charge in [0.15, 0.2) is 0 Å². The zero-order valence-corrected chi connectivity index (χ0v) is 14.0. The minimum atomic E-state index is 0.283.